The fraction of sp³-hybridized carbons (Fsp3) is 0.130. The molecule has 0 unspecified atom stereocenters. The molecule has 0 radical (unpaired) electrons. The fourth-order valence-electron chi connectivity index (χ4n) is 3.61. The Morgan fingerprint density at radius 3 is 2.23 bits per heavy atom. The van der Waals surface area contributed by atoms with Crippen LogP contribution in [-0.2, 0) is 7.05 Å². The van der Waals surface area contributed by atoms with Crippen LogP contribution in [0.5, 0.6) is 0 Å². The molecular formula is C23H19NO2. The first kappa shape index (κ1) is 16.3. The van der Waals surface area contributed by atoms with E-state index in [1.54, 1.807) is 0 Å². The maximum atomic E-state index is 13.1. The molecule has 0 saturated heterocycles. The van der Waals surface area contributed by atoms with Crippen LogP contribution in [0.1, 0.15) is 27.0 Å². The molecule has 0 atom stereocenters. The number of pyridine rings is 1. The second-order valence-corrected chi connectivity index (χ2v) is 6.73. The van der Waals surface area contributed by atoms with E-state index in [-0.39, 0.29) is 11.2 Å². The molecule has 128 valence electrons. The third-order valence-electron chi connectivity index (χ3n) is 5.09. The van der Waals surface area contributed by atoms with Gasteiger partial charge >= 0.3 is 0 Å². The molecular weight excluding hydrogens is 322 g/mol. The number of ketones is 1. The molecule has 3 nitrogen and oxygen atoms in total. The number of hydrogen-bond acceptors (Lipinski definition) is 2. The molecule has 0 saturated carbocycles. The van der Waals surface area contributed by atoms with Crippen molar-refractivity contribution in [1.29, 1.82) is 0 Å². The number of carbonyl (C=O) groups excluding carboxylic acids is 1. The summed E-state index contributed by atoms with van der Waals surface area (Å²) in [5.74, 6) is -0.0110. The van der Waals surface area contributed by atoms with Crippen LogP contribution < -0.4 is 5.43 Å². The summed E-state index contributed by atoms with van der Waals surface area (Å²) in [6.45, 7) is 3.83. The molecule has 0 amide bonds. The van der Waals surface area contributed by atoms with Crippen molar-refractivity contribution < 1.29 is 4.79 Å². The number of para-hydroxylation sites is 1. The lowest BCUT2D eigenvalue weighted by molar-refractivity contribution is 0.103. The molecule has 4 aromatic rings. The van der Waals surface area contributed by atoms with Crippen molar-refractivity contribution in [1.82, 2.24) is 4.57 Å². The minimum Gasteiger partial charge on any atom is -0.343 e. The summed E-state index contributed by atoms with van der Waals surface area (Å²) >= 11 is 0. The summed E-state index contributed by atoms with van der Waals surface area (Å²) < 4.78 is 1.99. The van der Waals surface area contributed by atoms with Crippen LogP contribution in [0.25, 0.3) is 21.8 Å². The largest absolute Gasteiger partial charge is 0.343 e. The number of benzene rings is 3. The maximum absolute atomic E-state index is 13.1. The molecule has 3 aromatic carbocycles. The third kappa shape index (κ3) is 2.36. The zero-order chi connectivity index (χ0) is 18.4. The average molecular weight is 341 g/mol. The normalized spacial score (nSPS) is 11.2. The van der Waals surface area contributed by atoms with Crippen LogP contribution in [0.3, 0.4) is 0 Å². The lowest BCUT2D eigenvalue weighted by Gasteiger charge is -2.14. The van der Waals surface area contributed by atoms with Crippen molar-refractivity contribution in [3.05, 3.63) is 93.1 Å². The molecule has 0 aliphatic rings. The maximum Gasteiger partial charge on any atom is 0.197 e. The van der Waals surface area contributed by atoms with Crippen molar-refractivity contribution in [2.24, 2.45) is 7.05 Å². The highest BCUT2D eigenvalue weighted by atomic mass is 16.1. The van der Waals surface area contributed by atoms with Gasteiger partial charge < -0.3 is 4.57 Å². The van der Waals surface area contributed by atoms with Gasteiger partial charge in [0.25, 0.3) is 0 Å². The SMILES string of the molecule is Cc1ccccc1C(=O)c1cc2c(cc1C)c(=O)c1ccccc1n2C. The molecule has 0 spiro atoms. The van der Waals surface area contributed by atoms with Gasteiger partial charge in [0.1, 0.15) is 0 Å². The van der Waals surface area contributed by atoms with Gasteiger partial charge in [0.2, 0.25) is 0 Å². The summed E-state index contributed by atoms with van der Waals surface area (Å²) in [5.41, 5.74) is 4.74. The summed E-state index contributed by atoms with van der Waals surface area (Å²) in [6.07, 6.45) is 0. The van der Waals surface area contributed by atoms with Crippen molar-refractivity contribution in [2.45, 2.75) is 13.8 Å². The Kier molecular flexibility index (Phi) is 3.73. The first-order valence-electron chi connectivity index (χ1n) is 8.61. The number of aromatic nitrogens is 1. The van der Waals surface area contributed by atoms with Gasteiger partial charge in [-0.2, -0.15) is 0 Å². The number of aryl methyl sites for hydroxylation is 3. The number of rotatable bonds is 2. The van der Waals surface area contributed by atoms with E-state index in [1.165, 1.54) is 0 Å². The second-order valence-electron chi connectivity index (χ2n) is 6.73. The van der Waals surface area contributed by atoms with E-state index >= 15 is 0 Å². The van der Waals surface area contributed by atoms with Gasteiger partial charge in [0, 0.05) is 28.9 Å². The Labute approximate surface area is 151 Å². The van der Waals surface area contributed by atoms with Crippen molar-refractivity contribution in [3.8, 4) is 0 Å². The van der Waals surface area contributed by atoms with E-state index in [0.717, 1.165) is 22.2 Å². The monoisotopic (exact) mass is 341 g/mol. The van der Waals surface area contributed by atoms with Gasteiger partial charge in [-0.1, -0.05) is 36.4 Å². The summed E-state index contributed by atoms with van der Waals surface area (Å²) in [7, 11) is 1.93. The van der Waals surface area contributed by atoms with Crippen molar-refractivity contribution in [2.75, 3.05) is 0 Å². The predicted octanol–water partition coefficient (Wildman–Crippen LogP) is 4.54. The van der Waals surface area contributed by atoms with Crippen LogP contribution >= 0.6 is 0 Å². The minimum absolute atomic E-state index is 0.00620. The lowest BCUT2D eigenvalue weighted by atomic mass is 9.94. The summed E-state index contributed by atoms with van der Waals surface area (Å²) in [5, 5.41) is 1.34. The zero-order valence-corrected chi connectivity index (χ0v) is 15.0. The van der Waals surface area contributed by atoms with Crippen LogP contribution in [0.2, 0.25) is 0 Å². The molecule has 0 N–H and O–H groups in total. The Hall–Kier alpha value is -3.20. The zero-order valence-electron chi connectivity index (χ0n) is 15.0. The molecule has 0 bridgehead atoms. The minimum atomic E-state index is -0.0110. The first-order chi connectivity index (χ1) is 12.5. The quantitative estimate of drug-likeness (QED) is 0.397. The van der Waals surface area contributed by atoms with Gasteiger partial charge in [-0.05, 0) is 49.2 Å². The number of fused-ring (bicyclic) bond motifs is 2. The van der Waals surface area contributed by atoms with Crippen molar-refractivity contribution in [3.63, 3.8) is 0 Å². The number of carbonyl (C=O) groups is 1. The Balaban J connectivity index is 2.04. The average Bonchev–Trinajstić information content (AvgIpc) is 2.66. The van der Waals surface area contributed by atoms with Crippen LogP contribution in [0.15, 0.2) is 65.5 Å². The van der Waals surface area contributed by atoms with E-state index in [1.807, 2.05) is 86.1 Å². The molecule has 0 aliphatic carbocycles. The number of hydrogen-bond donors (Lipinski definition) is 0. The standard InChI is InChI=1S/C23H19NO2/c1-14-8-4-5-9-16(14)22(25)18-13-21-19(12-15(18)2)23(26)17-10-6-7-11-20(17)24(21)3/h4-13H,1-3H3. The van der Waals surface area contributed by atoms with Gasteiger partial charge in [-0.3, -0.25) is 9.59 Å². The van der Waals surface area contributed by atoms with E-state index in [9.17, 15) is 9.59 Å². The van der Waals surface area contributed by atoms with Crippen LogP contribution in [0, 0.1) is 13.8 Å². The van der Waals surface area contributed by atoms with Crippen LogP contribution in [0.4, 0.5) is 0 Å². The van der Waals surface area contributed by atoms with Gasteiger partial charge in [0.05, 0.1) is 11.0 Å². The molecule has 0 fully saturated rings. The lowest BCUT2D eigenvalue weighted by Crippen LogP contribution is -2.12. The Bertz CT molecular complexity index is 1250. The molecule has 1 aromatic heterocycles. The van der Waals surface area contributed by atoms with Gasteiger partial charge in [-0.15, -0.1) is 0 Å². The van der Waals surface area contributed by atoms with Gasteiger partial charge in [-0.25, -0.2) is 0 Å². The molecule has 3 heteroatoms. The highest BCUT2D eigenvalue weighted by Crippen LogP contribution is 2.24. The Morgan fingerprint density at radius 2 is 1.46 bits per heavy atom. The summed E-state index contributed by atoms with van der Waals surface area (Å²) in [4.78, 5) is 26.0. The van der Waals surface area contributed by atoms with E-state index in [0.29, 0.717) is 21.9 Å². The molecule has 26 heavy (non-hydrogen) atoms. The smallest absolute Gasteiger partial charge is 0.197 e. The van der Waals surface area contributed by atoms with E-state index in [4.69, 9.17) is 0 Å². The fourth-order valence-corrected chi connectivity index (χ4v) is 3.61. The summed E-state index contributed by atoms with van der Waals surface area (Å²) in [6, 6.07) is 18.9. The molecule has 1 heterocycles. The van der Waals surface area contributed by atoms with E-state index in [2.05, 4.69) is 0 Å². The molecule has 4 rings (SSSR count). The Morgan fingerprint density at radius 1 is 0.769 bits per heavy atom. The highest BCUT2D eigenvalue weighted by molar-refractivity contribution is 6.12. The van der Waals surface area contributed by atoms with Crippen molar-refractivity contribution >= 4 is 27.6 Å². The van der Waals surface area contributed by atoms with E-state index < -0.39 is 0 Å². The third-order valence-corrected chi connectivity index (χ3v) is 5.09. The predicted molar refractivity (Wildman–Crippen MR) is 106 cm³/mol. The van der Waals surface area contributed by atoms with Crippen LogP contribution in [-0.4, -0.2) is 10.4 Å². The number of nitrogens with zero attached hydrogens (tertiary/aromatic N) is 1. The topological polar surface area (TPSA) is 39.1 Å². The molecule has 0 aliphatic heterocycles. The second kappa shape index (κ2) is 5.95. The highest BCUT2D eigenvalue weighted by Gasteiger charge is 2.17. The first-order valence-corrected chi connectivity index (χ1v) is 8.61. The van der Waals surface area contributed by atoms with Gasteiger partial charge in [0.15, 0.2) is 11.2 Å².